The number of rotatable bonds is 6. The number of nitrogens with zero attached hydrogens (tertiary/aromatic N) is 3. The molecule has 27 heavy (non-hydrogen) atoms. The Morgan fingerprint density at radius 1 is 1.19 bits per heavy atom. The summed E-state index contributed by atoms with van der Waals surface area (Å²) in [5.41, 5.74) is 1.49. The predicted octanol–water partition coefficient (Wildman–Crippen LogP) is 4.01. The first kappa shape index (κ1) is 17.1. The third-order valence-corrected chi connectivity index (χ3v) is 4.85. The molecule has 8 nitrogen and oxygen atoms in total. The molecule has 0 fully saturated rings. The van der Waals surface area contributed by atoms with Crippen LogP contribution in [0.1, 0.15) is 11.7 Å². The fourth-order valence-corrected chi connectivity index (χ4v) is 3.42. The van der Waals surface area contributed by atoms with Crippen molar-refractivity contribution in [2.75, 3.05) is 11.9 Å². The molecule has 3 heterocycles. The summed E-state index contributed by atoms with van der Waals surface area (Å²) < 4.78 is 6.04. The largest absolute Gasteiger partial charge is 0.433 e. The number of fused-ring (bicyclic) bond motifs is 1. The van der Waals surface area contributed by atoms with E-state index in [1.807, 2.05) is 41.8 Å². The van der Waals surface area contributed by atoms with Crippen LogP contribution in [0.5, 0.6) is 0 Å². The molecule has 0 radical (unpaired) electrons. The Balaban J connectivity index is 1.63. The smallest absolute Gasteiger partial charge is 0.397 e. The lowest BCUT2D eigenvalue weighted by Crippen LogP contribution is -2.13. The van der Waals surface area contributed by atoms with Crippen molar-refractivity contribution in [3.05, 3.63) is 69.6 Å². The molecule has 0 aliphatic heterocycles. The summed E-state index contributed by atoms with van der Waals surface area (Å²) in [5, 5.41) is 26.2. The van der Waals surface area contributed by atoms with Gasteiger partial charge in [0, 0.05) is 6.54 Å². The average molecular weight is 382 g/mol. The number of hydrogen-bond donors (Lipinski definition) is 2. The third-order valence-electron chi connectivity index (χ3n) is 3.94. The van der Waals surface area contributed by atoms with Gasteiger partial charge in [0.15, 0.2) is 11.6 Å². The Bertz CT molecular complexity index is 1090. The van der Waals surface area contributed by atoms with E-state index in [1.165, 1.54) is 23.5 Å². The second kappa shape index (κ2) is 7.14. The molecule has 1 unspecified atom stereocenters. The molecule has 2 N–H and O–H groups in total. The number of benzene rings is 1. The zero-order valence-electron chi connectivity index (χ0n) is 13.9. The van der Waals surface area contributed by atoms with Crippen molar-refractivity contribution < 1.29 is 14.4 Å². The molecule has 4 rings (SSSR count). The van der Waals surface area contributed by atoms with Crippen molar-refractivity contribution in [1.29, 1.82) is 0 Å². The highest BCUT2D eigenvalue weighted by atomic mass is 32.1. The summed E-state index contributed by atoms with van der Waals surface area (Å²) in [6.45, 7) is 0.256. The summed E-state index contributed by atoms with van der Waals surface area (Å²) in [6, 6.07) is 13.9. The SMILES string of the molecule is O=[N+]([O-])c1ccc(-c2nc(NCC(O)c3ccccc3)c3sccc3n2)o1. The highest BCUT2D eigenvalue weighted by Gasteiger charge is 2.18. The Morgan fingerprint density at radius 2 is 2.00 bits per heavy atom. The standard InChI is InChI=1S/C18H14N4O4S/c23-13(11-4-2-1-3-5-11)10-19-18-16-12(8-9-27-16)20-17(21-18)14-6-7-15(26-14)22(24)25/h1-9,13,23H,10H2,(H,19,20,21). The zero-order valence-corrected chi connectivity index (χ0v) is 14.7. The molecular formula is C18H14N4O4S. The highest BCUT2D eigenvalue weighted by Crippen LogP contribution is 2.31. The maximum absolute atomic E-state index is 10.8. The van der Waals surface area contributed by atoms with Crippen LogP contribution in [0.15, 0.2) is 58.3 Å². The van der Waals surface area contributed by atoms with Gasteiger partial charge in [-0.3, -0.25) is 10.1 Å². The minimum Gasteiger partial charge on any atom is -0.397 e. The number of aliphatic hydroxyl groups excluding tert-OH is 1. The summed E-state index contributed by atoms with van der Waals surface area (Å²) >= 11 is 1.47. The van der Waals surface area contributed by atoms with Gasteiger partial charge >= 0.3 is 5.88 Å². The number of aliphatic hydroxyl groups is 1. The maximum Gasteiger partial charge on any atom is 0.433 e. The van der Waals surface area contributed by atoms with E-state index in [9.17, 15) is 15.2 Å². The maximum atomic E-state index is 10.8. The molecule has 0 amide bonds. The number of anilines is 1. The van der Waals surface area contributed by atoms with E-state index in [4.69, 9.17) is 4.42 Å². The quantitative estimate of drug-likeness (QED) is 0.382. The summed E-state index contributed by atoms with van der Waals surface area (Å²) in [7, 11) is 0. The number of hydrogen-bond acceptors (Lipinski definition) is 8. The van der Waals surface area contributed by atoms with Crippen LogP contribution in [0.4, 0.5) is 11.7 Å². The van der Waals surface area contributed by atoms with Crippen molar-refractivity contribution in [2.45, 2.75) is 6.10 Å². The molecule has 4 aromatic rings. The van der Waals surface area contributed by atoms with E-state index < -0.39 is 11.0 Å². The minimum absolute atomic E-state index is 0.210. The molecule has 1 aromatic carbocycles. The molecule has 3 aromatic heterocycles. The Morgan fingerprint density at radius 3 is 2.74 bits per heavy atom. The third kappa shape index (κ3) is 3.50. The average Bonchev–Trinajstić information content (AvgIpc) is 3.35. The van der Waals surface area contributed by atoms with Crippen molar-refractivity contribution >= 4 is 33.3 Å². The molecule has 0 aliphatic rings. The van der Waals surface area contributed by atoms with E-state index >= 15 is 0 Å². The lowest BCUT2D eigenvalue weighted by Gasteiger charge is -2.13. The van der Waals surface area contributed by atoms with Crippen molar-refractivity contribution in [3.63, 3.8) is 0 Å². The van der Waals surface area contributed by atoms with Crippen molar-refractivity contribution in [3.8, 4) is 11.6 Å². The van der Waals surface area contributed by atoms with Gasteiger partial charge in [0.25, 0.3) is 0 Å². The lowest BCUT2D eigenvalue weighted by molar-refractivity contribution is -0.401. The lowest BCUT2D eigenvalue weighted by atomic mass is 10.1. The molecule has 1 atom stereocenters. The van der Waals surface area contributed by atoms with Crippen LogP contribution in [-0.2, 0) is 0 Å². The number of furan rings is 1. The van der Waals surface area contributed by atoms with Gasteiger partial charge < -0.3 is 14.8 Å². The first-order valence-electron chi connectivity index (χ1n) is 8.08. The summed E-state index contributed by atoms with van der Waals surface area (Å²) in [5.74, 6) is 0.624. The fraction of sp³-hybridized carbons (Fsp3) is 0.111. The van der Waals surface area contributed by atoms with Gasteiger partial charge in [-0.15, -0.1) is 11.3 Å². The monoisotopic (exact) mass is 382 g/mol. The summed E-state index contributed by atoms with van der Waals surface area (Å²) in [4.78, 5) is 19.1. The van der Waals surface area contributed by atoms with Gasteiger partial charge in [0.1, 0.15) is 10.7 Å². The van der Waals surface area contributed by atoms with Gasteiger partial charge in [-0.1, -0.05) is 30.3 Å². The molecule has 0 saturated carbocycles. The van der Waals surface area contributed by atoms with E-state index in [2.05, 4.69) is 15.3 Å². The van der Waals surface area contributed by atoms with Crippen molar-refractivity contribution in [1.82, 2.24) is 9.97 Å². The van der Waals surface area contributed by atoms with Gasteiger partial charge in [-0.2, -0.15) is 0 Å². The molecule has 0 spiro atoms. The summed E-state index contributed by atoms with van der Waals surface area (Å²) in [6.07, 6.45) is -0.704. The molecular weight excluding hydrogens is 368 g/mol. The van der Waals surface area contributed by atoms with Crippen LogP contribution < -0.4 is 5.32 Å². The van der Waals surface area contributed by atoms with Gasteiger partial charge in [-0.25, -0.2) is 9.97 Å². The van der Waals surface area contributed by atoms with E-state index in [0.29, 0.717) is 11.3 Å². The fourth-order valence-electron chi connectivity index (χ4n) is 2.63. The van der Waals surface area contributed by atoms with Crippen LogP contribution in [0, 0.1) is 10.1 Å². The number of aromatic nitrogens is 2. The van der Waals surface area contributed by atoms with Crippen LogP contribution in [-0.4, -0.2) is 26.5 Å². The predicted molar refractivity (Wildman–Crippen MR) is 102 cm³/mol. The number of nitrogens with one attached hydrogen (secondary N) is 1. The van der Waals surface area contributed by atoms with E-state index in [0.717, 1.165) is 10.3 Å². The minimum atomic E-state index is -0.704. The van der Waals surface area contributed by atoms with Crippen LogP contribution in [0.2, 0.25) is 0 Å². The van der Waals surface area contributed by atoms with E-state index in [1.54, 1.807) is 0 Å². The van der Waals surface area contributed by atoms with Crippen LogP contribution in [0.3, 0.4) is 0 Å². The topological polar surface area (TPSA) is 114 Å². The molecule has 136 valence electrons. The van der Waals surface area contributed by atoms with Crippen LogP contribution >= 0.6 is 11.3 Å². The number of nitro groups is 1. The van der Waals surface area contributed by atoms with Gasteiger partial charge in [0.2, 0.25) is 0 Å². The second-order valence-corrected chi connectivity index (χ2v) is 6.65. The Labute approximate surface area is 157 Å². The first-order valence-corrected chi connectivity index (χ1v) is 8.96. The molecule has 0 aliphatic carbocycles. The zero-order chi connectivity index (χ0) is 18.8. The molecule has 0 saturated heterocycles. The Kier molecular flexibility index (Phi) is 4.53. The van der Waals surface area contributed by atoms with Crippen LogP contribution in [0.25, 0.3) is 21.8 Å². The highest BCUT2D eigenvalue weighted by molar-refractivity contribution is 7.17. The molecule has 0 bridgehead atoms. The van der Waals surface area contributed by atoms with Gasteiger partial charge in [-0.05, 0) is 23.1 Å². The Hall–Kier alpha value is -3.30. The number of thiophene rings is 1. The second-order valence-electron chi connectivity index (χ2n) is 5.73. The van der Waals surface area contributed by atoms with Gasteiger partial charge in [0.05, 0.1) is 22.4 Å². The normalized spacial score (nSPS) is 12.2. The molecule has 9 heteroatoms. The van der Waals surface area contributed by atoms with Crippen molar-refractivity contribution in [2.24, 2.45) is 0 Å². The first-order chi connectivity index (χ1) is 13.1. The van der Waals surface area contributed by atoms with E-state index in [-0.39, 0.29) is 24.0 Å².